The Hall–Kier alpha value is -1.66. The molecule has 3 rings (SSSR count). The summed E-state index contributed by atoms with van der Waals surface area (Å²) in [6.45, 7) is 2.70. The lowest BCUT2D eigenvalue weighted by Gasteiger charge is -2.34. The number of primary sulfonamides is 1. The fourth-order valence-corrected chi connectivity index (χ4v) is 6.88. The van der Waals surface area contributed by atoms with Gasteiger partial charge in [-0.1, -0.05) is 13.0 Å². The molecule has 1 aromatic heterocycles. The topological polar surface area (TPSA) is 130 Å². The standard InChI is InChI=1S/C15H19N3O5S3/c1-2-6-17-12-9-18(10-4-3-5-11(19)7-10)26(22,23)13-8-14(24-15(12)13)25(16,20)21/h3-5,7-8,12,17,19H,2,6,9H2,1H3,(H2,16,20,21)/t12-/m1/s1. The van der Waals surface area contributed by atoms with Gasteiger partial charge in [-0.3, -0.25) is 4.31 Å². The van der Waals surface area contributed by atoms with Crippen molar-refractivity contribution in [3.63, 3.8) is 0 Å². The van der Waals surface area contributed by atoms with Crippen molar-refractivity contribution in [3.8, 4) is 5.75 Å². The van der Waals surface area contributed by atoms with Crippen molar-refractivity contribution in [2.75, 3.05) is 17.4 Å². The van der Waals surface area contributed by atoms with Crippen LogP contribution in [0.25, 0.3) is 0 Å². The molecule has 0 saturated carbocycles. The van der Waals surface area contributed by atoms with Gasteiger partial charge in [-0.15, -0.1) is 11.3 Å². The molecule has 8 nitrogen and oxygen atoms in total. The number of nitrogens with zero attached hydrogens (tertiary/aromatic N) is 1. The first kappa shape index (κ1) is 19.1. The normalized spacial score (nSPS) is 19.3. The van der Waals surface area contributed by atoms with Gasteiger partial charge in [0.2, 0.25) is 10.0 Å². The zero-order valence-electron chi connectivity index (χ0n) is 13.9. The molecule has 1 atom stereocenters. The van der Waals surface area contributed by atoms with Crippen molar-refractivity contribution in [2.45, 2.75) is 28.5 Å². The van der Waals surface area contributed by atoms with Crippen LogP contribution < -0.4 is 14.8 Å². The summed E-state index contributed by atoms with van der Waals surface area (Å²) in [5, 5.41) is 18.1. The van der Waals surface area contributed by atoms with Gasteiger partial charge in [-0.25, -0.2) is 22.0 Å². The van der Waals surface area contributed by atoms with Gasteiger partial charge in [-0.2, -0.15) is 0 Å². The second-order valence-corrected chi connectivity index (χ2v) is 10.6. The Kier molecular flexibility index (Phi) is 5.01. The van der Waals surface area contributed by atoms with Crippen molar-refractivity contribution >= 4 is 37.1 Å². The third-order valence-corrected chi connectivity index (χ3v) is 8.61. The van der Waals surface area contributed by atoms with Crippen LogP contribution in [0.2, 0.25) is 0 Å². The predicted molar refractivity (Wildman–Crippen MR) is 99.4 cm³/mol. The first-order valence-corrected chi connectivity index (χ1v) is 11.7. The van der Waals surface area contributed by atoms with Crippen LogP contribution in [0.15, 0.2) is 39.4 Å². The molecule has 0 radical (unpaired) electrons. The van der Waals surface area contributed by atoms with E-state index in [1.807, 2.05) is 6.92 Å². The fraction of sp³-hybridized carbons (Fsp3) is 0.333. The summed E-state index contributed by atoms with van der Waals surface area (Å²) in [4.78, 5) is 0.355. The van der Waals surface area contributed by atoms with Crippen molar-refractivity contribution in [2.24, 2.45) is 5.14 Å². The van der Waals surface area contributed by atoms with Crippen molar-refractivity contribution in [1.82, 2.24) is 5.32 Å². The number of thiophene rings is 1. The summed E-state index contributed by atoms with van der Waals surface area (Å²) in [7, 11) is -7.99. The lowest BCUT2D eigenvalue weighted by atomic mass is 10.2. The molecule has 142 valence electrons. The number of phenols is 1. The Labute approximate surface area is 156 Å². The van der Waals surface area contributed by atoms with Crippen LogP contribution in [0.4, 0.5) is 5.69 Å². The highest BCUT2D eigenvalue weighted by Crippen LogP contribution is 2.41. The lowest BCUT2D eigenvalue weighted by Crippen LogP contribution is -2.43. The molecule has 0 bridgehead atoms. The molecule has 0 amide bonds. The van der Waals surface area contributed by atoms with E-state index in [2.05, 4.69) is 5.32 Å². The highest BCUT2D eigenvalue weighted by atomic mass is 32.2. The molecule has 0 saturated heterocycles. The minimum Gasteiger partial charge on any atom is -0.508 e. The zero-order valence-corrected chi connectivity index (χ0v) is 16.4. The first-order valence-electron chi connectivity index (χ1n) is 7.86. The molecule has 1 aromatic carbocycles. The second kappa shape index (κ2) is 6.82. The Bertz CT molecular complexity index is 1030. The Balaban J connectivity index is 2.16. The van der Waals surface area contributed by atoms with E-state index in [9.17, 15) is 21.9 Å². The summed E-state index contributed by atoms with van der Waals surface area (Å²) in [6.07, 6.45) is 0.831. The van der Waals surface area contributed by atoms with Crippen molar-refractivity contribution in [1.29, 1.82) is 0 Å². The maximum Gasteiger partial charge on any atom is 0.265 e. The maximum atomic E-state index is 13.1. The number of phenolic OH excluding ortho intramolecular Hbond substituents is 1. The predicted octanol–water partition coefficient (Wildman–Crippen LogP) is 1.35. The molecule has 0 aliphatic carbocycles. The number of anilines is 1. The van der Waals surface area contributed by atoms with Gasteiger partial charge in [0.25, 0.3) is 10.0 Å². The summed E-state index contributed by atoms with van der Waals surface area (Å²) >= 11 is 0.873. The minimum absolute atomic E-state index is 0.0582. The smallest absolute Gasteiger partial charge is 0.265 e. The molecule has 1 aliphatic rings. The van der Waals surface area contributed by atoms with Crippen LogP contribution in [0, 0.1) is 0 Å². The average molecular weight is 418 g/mol. The van der Waals surface area contributed by atoms with E-state index in [0.717, 1.165) is 23.8 Å². The van der Waals surface area contributed by atoms with E-state index < -0.39 is 20.0 Å². The Morgan fingerprint density at radius 3 is 2.73 bits per heavy atom. The van der Waals surface area contributed by atoms with E-state index in [-0.39, 0.29) is 27.4 Å². The summed E-state index contributed by atoms with van der Waals surface area (Å²) in [5.74, 6) is -0.0582. The summed E-state index contributed by atoms with van der Waals surface area (Å²) in [6, 6.07) is 6.66. The number of aromatic hydroxyl groups is 1. The molecule has 0 fully saturated rings. The molecular weight excluding hydrogens is 398 g/mol. The monoisotopic (exact) mass is 417 g/mol. The number of hydrogen-bond donors (Lipinski definition) is 3. The van der Waals surface area contributed by atoms with Gasteiger partial charge in [0.05, 0.1) is 18.3 Å². The third-order valence-electron chi connectivity index (χ3n) is 3.97. The SMILES string of the molecule is CCCN[C@@H]1CN(c2cccc(O)c2)S(=O)(=O)c2cc(S(N)(=O)=O)sc21. The molecule has 2 aromatic rings. The van der Waals surface area contributed by atoms with Gasteiger partial charge in [0.15, 0.2) is 0 Å². The van der Waals surface area contributed by atoms with Crippen molar-refractivity contribution in [3.05, 3.63) is 35.2 Å². The van der Waals surface area contributed by atoms with Crippen LogP contribution in [0.1, 0.15) is 24.3 Å². The number of benzene rings is 1. The Morgan fingerprint density at radius 2 is 2.12 bits per heavy atom. The van der Waals surface area contributed by atoms with E-state index in [0.29, 0.717) is 17.1 Å². The van der Waals surface area contributed by atoms with E-state index in [1.165, 1.54) is 16.4 Å². The number of sulfonamides is 2. The molecule has 2 heterocycles. The minimum atomic E-state index is -4.01. The fourth-order valence-electron chi connectivity index (χ4n) is 2.78. The van der Waals surface area contributed by atoms with Crippen molar-refractivity contribution < 1.29 is 21.9 Å². The molecular formula is C15H19N3O5S3. The van der Waals surface area contributed by atoms with Crippen LogP contribution in [0.5, 0.6) is 5.75 Å². The zero-order chi connectivity index (χ0) is 19.1. The van der Waals surface area contributed by atoms with Gasteiger partial charge in [0, 0.05) is 10.9 Å². The van der Waals surface area contributed by atoms with Gasteiger partial charge in [0.1, 0.15) is 14.9 Å². The number of nitrogens with two attached hydrogens (primary N) is 1. The average Bonchev–Trinajstić information content (AvgIpc) is 3.01. The van der Waals surface area contributed by atoms with E-state index in [1.54, 1.807) is 12.1 Å². The number of rotatable bonds is 5. The quantitative estimate of drug-likeness (QED) is 0.673. The highest BCUT2D eigenvalue weighted by Gasteiger charge is 2.40. The first-order chi connectivity index (χ1) is 12.1. The maximum absolute atomic E-state index is 13.1. The van der Waals surface area contributed by atoms with Gasteiger partial charge >= 0.3 is 0 Å². The second-order valence-electron chi connectivity index (χ2n) is 5.90. The lowest BCUT2D eigenvalue weighted by molar-refractivity contribution is 0.475. The van der Waals surface area contributed by atoms with E-state index in [4.69, 9.17) is 5.14 Å². The largest absolute Gasteiger partial charge is 0.508 e. The molecule has 11 heteroatoms. The van der Waals surface area contributed by atoms with Gasteiger partial charge < -0.3 is 10.4 Å². The van der Waals surface area contributed by atoms with Crippen LogP contribution in [-0.4, -0.2) is 35.0 Å². The molecule has 0 spiro atoms. The highest BCUT2D eigenvalue weighted by molar-refractivity contribution is 7.93. The molecule has 0 unspecified atom stereocenters. The Morgan fingerprint density at radius 1 is 1.38 bits per heavy atom. The number of hydrogen-bond acceptors (Lipinski definition) is 7. The van der Waals surface area contributed by atoms with Crippen LogP contribution in [-0.2, 0) is 20.0 Å². The molecule has 1 aliphatic heterocycles. The number of nitrogens with one attached hydrogen (secondary N) is 1. The summed E-state index contributed by atoms with van der Waals surface area (Å²) in [5.41, 5.74) is 0.308. The third kappa shape index (κ3) is 3.45. The molecule has 4 N–H and O–H groups in total. The van der Waals surface area contributed by atoms with E-state index >= 15 is 0 Å². The summed E-state index contributed by atoms with van der Waals surface area (Å²) < 4.78 is 50.5. The van der Waals surface area contributed by atoms with Crippen LogP contribution >= 0.6 is 11.3 Å². The van der Waals surface area contributed by atoms with Crippen LogP contribution in [0.3, 0.4) is 0 Å². The number of fused-ring (bicyclic) bond motifs is 1. The van der Waals surface area contributed by atoms with Gasteiger partial charge in [-0.05, 0) is 31.2 Å². The molecule has 26 heavy (non-hydrogen) atoms.